The molecule has 1 aromatic rings. The second-order valence-corrected chi connectivity index (χ2v) is 5.33. The summed E-state index contributed by atoms with van der Waals surface area (Å²) in [6.45, 7) is 3.55. The Labute approximate surface area is 113 Å². The Morgan fingerprint density at radius 1 is 1.21 bits per heavy atom. The largest absolute Gasteiger partial charge is 0.508 e. The van der Waals surface area contributed by atoms with Crippen LogP contribution >= 0.6 is 0 Å². The quantitative estimate of drug-likeness (QED) is 0.890. The number of hydrogen-bond acceptors (Lipinski definition) is 2. The zero-order valence-corrected chi connectivity index (χ0v) is 11.3. The van der Waals surface area contributed by atoms with Crippen LogP contribution in [0.25, 0.3) is 0 Å². The van der Waals surface area contributed by atoms with Crippen LogP contribution in [0.15, 0.2) is 12.1 Å². The molecule has 0 atom stereocenters. The third-order valence-corrected chi connectivity index (χ3v) is 3.90. The van der Waals surface area contributed by atoms with Crippen molar-refractivity contribution in [3.63, 3.8) is 0 Å². The predicted octanol–water partition coefficient (Wildman–Crippen LogP) is 4.08. The number of unbranched alkanes of at least 4 members (excludes halogenated alkanes) is 1. The minimum atomic E-state index is -0.676. The molecule has 0 bridgehead atoms. The number of piperidine rings is 1. The second kappa shape index (κ2) is 6.22. The first-order valence-electron chi connectivity index (χ1n) is 7.04. The lowest BCUT2D eigenvalue weighted by molar-refractivity contribution is 0.367. The average molecular weight is 269 g/mol. The van der Waals surface area contributed by atoms with Gasteiger partial charge in [0, 0.05) is 25.2 Å². The lowest BCUT2D eigenvalue weighted by atomic mass is 9.91. The molecule has 2 rings (SSSR count). The highest BCUT2D eigenvalue weighted by Gasteiger charge is 2.23. The molecule has 1 heterocycles. The van der Waals surface area contributed by atoms with Gasteiger partial charge >= 0.3 is 0 Å². The molecule has 0 unspecified atom stereocenters. The average Bonchev–Trinajstić information content (AvgIpc) is 2.36. The maximum Gasteiger partial charge on any atom is 0.153 e. The molecule has 0 saturated carbocycles. The van der Waals surface area contributed by atoms with Gasteiger partial charge in [0.05, 0.1) is 0 Å². The van der Waals surface area contributed by atoms with Crippen molar-refractivity contribution in [1.82, 2.24) is 0 Å². The van der Waals surface area contributed by atoms with Crippen molar-refractivity contribution in [2.24, 2.45) is 5.92 Å². The topological polar surface area (TPSA) is 23.5 Å². The third kappa shape index (κ3) is 3.37. The van der Waals surface area contributed by atoms with E-state index in [1.807, 2.05) is 0 Å². The Kier molecular flexibility index (Phi) is 4.61. The van der Waals surface area contributed by atoms with E-state index in [2.05, 4.69) is 6.92 Å². The van der Waals surface area contributed by atoms with E-state index in [1.54, 1.807) is 4.90 Å². The molecule has 1 saturated heterocycles. The van der Waals surface area contributed by atoms with Gasteiger partial charge in [0.2, 0.25) is 0 Å². The zero-order valence-electron chi connectivity index (χ0n) is 11.3. The van der Waals surface area contributed by atoms with Gasteiger partial charge in [-0.2, -0.15) is 0 Å². The van der Waals surface area contributed by atoms with Crippen LogP contribution in [-0.4, -0.2) is 18.2 Å². The van der Waals surface area contributed by atoms with E-state index in [0.717, 1.165) is 25.0 Å². The normalized spacial score (nSPS) is 16.9. The Bertz CT molecular complexity index is 405. The summed E-state index contributed by atoms with van der Waals surface area (Å²) in [6, 6.07) is 1.95. The molecule has 1 aliphatic heterocycles. The summed E-state index contributed by atoms with van der Waals surface area (Å²) in [5, 5.41) is 9.16. The van der Waals surface area contributed by atoms with Crippen molar-refractivity contribution < 1.29 is 13.9 Å². The summed E-state index contributed by atoms with van der Waals surface area (Å²) < 4.78 is 27.5. The Balaban J connectivity index is 2.02. The van der Waals surface area contributed by atoms with Gasteiger partial charge in [0.25, 0.3) is 0 Å². The molecule has 0 spiro atoms. The first-order chi connectivity index (χ1) is 9.11. The van der Waals surface area contributed by atoms with Crippen LogP contribution in [0.2, 0.25) is 0 Å². The summed E-state index contributed by atoms with van der Waals surface area (Å²) in [7, 11) is 0. The van der Waals surface area contributed by atoms with E-state index in [-0.39, 0.29) is 11.4 Å². The fourth-order valence-corrected chi connectivity index (χ4v) is 2.79. The van der Waals surface area contributed by atoms with Crippen molar-refractivity contribution >= 4 is 5.69 Å². The van der Waals surface area contributed by atoms with Crippen molar-refractivity contribution in [3.8, 4) is 5.75 Å². The summed E-state index contributed by atoms with van der Waals surface area (Å²) in [6.07, 6.45) is 5.61. The third-order valence-electron chi connectivity index (χ3n) is 3.90. The standard InChI is InChI=1S/C15H21F2NO/c1-2-3-4-11-5-7-18(8-6-11)15-13(16)9-12(19)10-14(15)17/h9-11,19H,2-8H2,1H3. The number of phenols is 1. The summed E-state index contributed by atoms with van der Waals surface area (Å²) >= 11 is 0. The summed E-state index contributed by atoms with van der Waals surface area (Å²) in [4.78, 5) is 1.76. The van der Waals surface area contributed by atoms with Gasteiger partial charge in [-0.25, -0.2) is 8.78 Å². The monoisotopic (exact) mass is 269 g/mol. The maximum absolute atomic E-state index is 13.8. The summed E-state index contributed by atoms with van der Waals surface area (Å²) in [5.41, 5.74) is 0.00624. The molecule has 19 heavy (non-hydrogen) atoms. The molecule has 0 radical (unpaired) electrons. The van der Waals surface area contributed by atoms with Crippen molar-refractivity contribution in [1.29, 1.82) is 0 Å². The first kappa shape index (κ1) is 14.1. The molecule has 1 aromatic carbocycles. The van der Waals surface area contributed by atoms with E-state index < -0.39 is 11.6 Å². The van der Waals surface area contributed by atoms with Crippen LogP contribution in [0, 0.1) is 17.6 Å². The van der Waals surface area contributed by atoms with Gasteiger partial charge in [-0.1, -0.05) is 26.2 Å². The van der Waals surface area contributed by atoms with Gasteiger partial charge in [-0.15, -0.1) is 0 Å². The first-order valence-corrected chi connectivity index (χ1v) is 7.04. The Morgan fingerprint density at radius 2 is 1.79 bits per heavy atom. The number of benzene rings is 1. The van der Waals surface area contributed by atoms with Gasteiger partial charge < -0.3 is 10.0 Å². The molecular weight excluding hydrogens is 248 g/mol. The minimum Gasteiger partial charge on any atom is -0.508 e. The predicted molar refractivity (Wildman–Crippen MR) is 72.5 cm³/mol. The lowest BCUT2D eigenvalue weighted by Gasteiger charge is -2.34. The van der Waals surface area contributed by atoms with Gasteiger partial charge in [0.1, 0.15) is 11.4 Å². The fourth-order valence-electron chi connectivity index (χ4n) is 2.79. The minimum absolute atomic E-state index is 0.00624. The van der Waals surface area contributed by atoms with Crippen LogP contribution < -0.4 is 4.90 Å². The number of phenolic OH excluding ortho intramolecular Hbond substituents is 1. The van der Waals surface area contributed by atoms with Crippen LogP contribution in [0.5, 0.6) is 5.75 Å². The van der Waals surface area contributed by atoms with E-state index in [1.165, 1.54) is 19.3 Å². The molecule has 0 amide bonds. The van der Waals surface area contributed by atoms with Crippen molar-refractivity contribution in [2.75, 3.05) is 18.0 Å². The SMILES string of the molecule is CCCCC1CCN(c2c(F)cc(O)cc2F)CC1. The number of aromatic hydroxyl groups is 1. The molecule has 106 valence electrons. The molecule has 0 aromatic heterocycles. The second-order valence-electron chi connectivity index (χ2n) is 5.33. The molecule has 2 nitrogen and oxygen atoms in total. The van der Waals surface area contributed by atoms with E-state index in [4.69, 9.17) is 5.11 Å². The van der Waals surface area contributed by atoms with E-state index >= 15 is 0 Å². The molecule has 1 aliphatic rings. The smallest absolute Gasteiger partial charge is 0.153 e. The molecular formula is C15H21F2NO. The zero-order chi connectivity index (χ0) is 13.8. The molecule has 0 aliphatic carbocycles. The van der Waals surface area contributed by atoms with Gasteiger partial charge in [0.15, 0.2) is 11.6 Å². The highest BCUT2D eigenvalue weighted by molar-refractivity contribution is 5.52. The maximum atomic E-state index is 13.8. The number of anilines is 1. The van der Waals surface area contributed by atoms with E-state index in [9.17, 15) is 8.78 Å². The van der Waals surface area contributed by atoms with Crippen LogP contribution in [0.1, 0.15) is 39.0 Å². The number of rotatable bonds is 4. The van der Waals surface area contributed by atoms with Crippen LogP contribution in [0.3, 0.4) is 0 Å². The highest BCUT2D eigenvalue weighted by atomic mass is 19.1. The van der Waals surface area contributed by atoms with Gasteiger partial charge in [-0.3, -0.25) is 0 Å². The molecule has 1 fully saturated rings. The fraction of sp³-hybridized carbons (Fsp3) is 0.600. The van der Waals surface area contributed by atoms with Crippen molar-refractivity contribution in [2.45, 2.75) is 39.0 Å². The Hall–Kier alpha value is -1.32. The highest BCUT2D eigenvalue weighted by Crippen LogP contribution is 2.32. The summed E-state index contributed by atoms with van der Waals surface area (Å²) in [5.74, 6) is -1.04. The molecule has 1 N–H and O–H groups in total. The van der Waals surface area contributed by atoms with Crippen LogP contribution in [-0.2, 0) is 0 Å². The molecule has 4 heteroatoms. The van der Waals surface area contributed by atoms with Crippen LogP contribution in [0.4, 0.5) is 14.5 Å². The van der Waals surface area contributed by atoms with Gasteiger partial charge in [-0.05, 0) is 18.8 Å². The van der Waals surface area contributed by atoms with E-state index in [0.29, 0.717) is 19.0 Å². The lowest BCUT2D eigenvalue weighted by Crippen LogP contribution is -2.34. The number of nitrogens with zero attached hydrogens (tertiary/aromatic N) is 1. The number of hydrogen-bond donors (Lipinski definition) is 1. The Morgan fingerprint density at radius 3 is 2.32 bits per heavy atom. The van der Waals surface area contributed by atoms with Crippen molar-refractivity contribution in [3.05, 3.63) is 23.8 Å². The number of halogens is 2.